The Morgan fingerprint density at radius 3 is 0.762 bits per heavy atom. The van der Waals surface area contributed by atoms with Gasteiger partial charge in [-0.1, -0.05) is 113 Å². The first-order valence-corrected chi connectivity index (χ1v) is 37.5. The molecular formula is C74H174O30S. The summed E-state index contributed by atoms with van der Waals surface area (Å²) < 4.78 is 0. The summed E-state index contributed by atoms with van der Waals surface area (Å²) in [6, 6.07) is 0. The van der Waals surface area contributed by atoms with Gasteiger partial charge in [-0.05, 0) is 152 Å². The highest BCUT2D eigenvalue weighted by molar-refractivity contribution is 7.80. The SMILES string of the molecule is CC(C)(CO)CO.CC(CCO)CCO.CC(O)C(C)O.CC(O)CC(C)(C)O.CC(O)CCO.CC(O)CO.CC(O)CO.CCC(C)(O)C#CC(C)(O)CC.CCC(O)CO.CCCC(O)CO.CCCCC(CC)(CO)CO.CCCCC(O)CO.OCC(O)CS.OCCCCO.OCCO. The van der Waals surface area contributed by atoms with Crippen LogP contribution in [0.4, 0.5) is 0 Å². The van der Waals surface area contributed by atoms with Crippen molar-refractivity contribution in [1.82, 2.24) is 0 Å². The lowest BCUT2D eigenvalue weighted by atomic mass is 9.82. The van der Waals surface area contributed by atoms with E-state index < -0.39 is 71.7 Å². The molecule has 30 N–H and O–H groups in total. The number of thiol groups is 1. The highest BCUT2D eigenvalue weighted by atomic mass is 32.1. The van der Waals surface area contributed by atoms with Crippen molar-refractivity contribution in [2.45, 2.75) is 332 Å². The zero-order valence-electron chi connectivity index (χ0n) is 69.2. The van der Waals surface area contributed by atoms with E-state index in [1.165, 1.54) is 13.8 Å². The summed E-state index contributed by atoms with van der Waals surface area (Å²) in [4.78, 5) is 0. The minimum atomic E-state index is -0.973. The van der Waals surface area contributed by atoms with Crippen molar-refractivity contribution in [3.05, 3.63) is 0 Å². The van der Waals surface area contributed by atoms with Gasteiger partial charge in [0.2, 0.25) is 0 Å². The largest absolute Gasteiger partial charge is 0.396 e. The number of rotatable bonds is 36. The Morgan fingerprint density at radius 2 is 0.648 bits per heavy atom. The number of hydrogen-bond donors (Lipinski definition) is 31. The maximum Gasteiger partial charge on any atom is 0.122 e. The standard InChI is InChI=1S/C10H18O2.C9H20O2.3C6H14O2.2C5H12O2.4C4H10O2.C3H8O2S.2C3H8O2.C2H6O2/c1-5-9(3,11)7-8-10(4,12)6-2;1-3-5-6-9(4-2,7-10)8-11;1-5(7)4-6(2,3)8;1-6(2-4-7)3-5-8;1-2-3-4-6(8)5-7;1-5(2,3-6)4-7;1-2-3-5(7)4-6;1-4(6)2-3-5;1-3(5)4(2)6;1-2-4(6)3-5;5-3-1-2-4-6;4-1-3(5)2-6;2*1-3(5)2-4;3-1-2-4/h11-12H,5-6H2,1-4H3;10-11H,3-8H2,1-2H3;5,7-8H,4H2,1-3H3;2*6-8H,2-5H2,1H3;6-7H,3-4H2,1-2H3;5-7H,2-4H2,1H3;4-6H,2-3H2,1H3;3-6H,1-2H3;4-6H,2-3H2,1H3;5-6H,1-4H2;3-6H,1-2H2;2*3-5H,2H2,1H3;3-4H,1-2H2. The lowest BCUT2D eigenvalue weighted by Gasteiger charge is -2.27. The van der Waals surface area contributed by atoms with Crippen LogP contribution in [-0.4, -0.2) is 349 Å². The summed E-state index contributed by atoms with van der Waals surface area (Å²) in [7, 11) is 0. The first-order valence-electron chi connectivity index (χ1n) is 36.9. The van der Waals surface area contributed by atoms with Crippen LogP contribution in [0, 0.1) is 28.6 Å². The zero-order valence-corrected chi connectivity index (χ0v) is 70.1. The Balaban J connectivity index is -0.0000000641. The van der Waals surface area contributed by atoms with Gasteiger partial charge in [-0.2, -0.15) is 12.6 Å². The first-order chi connectivity index (χ1) is 48.4. The molecule has 0 aliphatic heterocycles. The van der Waals surface area contributed by atoms with Crippen LogP contribution < -0.4 is 0 Å². The molecule has 0 amide bonds. The Hall–Kier alpha value is -1.29. The van der Waals surface area contributed by atoms with E-state index >= 15 is 0 Å². The van der Waals surface area contributed by atoms with Gasteiger partial charge in [-0.25, -0.2) is 0 Å². The highest BCUT2D eigenvalue weighted by Gasteiger charge is 2.25. The molecule has 0 spiro atoms. The average molecular weight is 1580 g/mol. The van der Waals surface area contributed by atoms with Crippen LogP contribution >= 0.6 is 12.6 Å². The first kappa shape index (κ1) is 139. The van der Waals surface area contributed by atoms with E-state index in [1.807, 2.05) is 41.5 Å². The lowest BCUT2D eigenvalue weighted by Crippen LogP contribution is -2.28. The molecule has 0 rings (SSSR count). The second-order valence-corrected chi connectivity index (χ2v) is 27.0. The van der Waals surface area contributed by atoms with Crippen molar-refractivity contribution in [2.24, 2.45) is 16.7 Å². The Morgan fingerprint density at radius 1 is 0.324 bits per heavy atom. The molecule has 0 heterocycles. The van der Waals surface area contributed by atoms with E-state index in [0.29, 0.717) is 50.2 Å². The fraction of sp³-hybridized carbons (Fsp3) is 0.973. The molecule has 105 heavy (non-hydrogen) atoms. The van der Waals surface area contributed by atoms with Crippen LogP contribution in [0.25, 0.3) is 0 Å². The van der Waals surface area contributed by atoms with E-state index in [-0.39, 0.29) is 129 Å². The van der Waals surface area contributed by atoms with Gasteiger partial charge in [-0.15, -0.1) is 0 Å². The second kappa shape index (κ2) is 107. The van der Waals surface area contributed by atoms with E-state index in [9.17, 15) is 10.2 Å². The summed E-state index contributed by atoms with van der Waals surface area (Å²) in [5.74, 6) is 6.10. The Kier molecular flexibility index (Phi) is 142. The maximum atomic E-state index is 9.50. The van der Waals surface area contributed by atoms with Crippen molar-refractivity contribution in [3.63, 3.8) is 0 Å². The smallest absolute Gasteiger partial charge is 0.122 e. The molecule has 0 aromatic heterocycles. The molecular weight excluding hydrogens is 1400 g/mol. The van der Waals surface area contributed by atoms with E-state index in [2.05, 4.69) is 38.3 Å². The minimum absolute atomic E-state index is 0.0451. The third-order valence-electron chi connectivity index (χ3n) is 12.8. The molecule has 0 bridgehead atoms. The molecule has 0 radical (unpaired) electrons. The van der Waals surface area contributed by atoms with Gasteiger partial charge in [-0.3, -0.25) is 0 Å². The summed E-state index contributed by atoms with van der Waals surface area (Å²) in [6.45, 7) is 35.7. The van der Waals surface area contributed by atoms with Crippen molar-refractivity contribution < 1.29 is 153 Å². The second-order valence-electron chi connectivity index (χ2n) is 26.6. The third kappa shape index (κ3) is 177. The van der Waals surface area contributed by atoms with Crippen molar-refractivity contribution >= 4 is 12.6 Å². The lowest BCUT2D eigenvalue weighted by molar-refractivity contribution is 0.0248. The third-order valence-corrected chi connectivity index (χ3v) is 13.3. The van der Waals surface area contributed by atoms with Crippen LogP contribution in [0.5, 0.6) is 0 Å². The van der Waals surface area contributed by atoms with Crippen LogP contribution in [0.1, 0.15) is 254 Å². The van der Waals surface area contributed by atoms with Crippen molar-refractivity contribution in [1.29, 1.82) is 0 Å². The van der Waals surface area contributed by atoms with Gasteiger partial charge in [0.1, 0.15) is 11.2 Å². The number of aliphatic hydroxyl groups excluding tert-OH is 27. The van der Waals surface area contributed by atoms with E-state index in [0.717, 1.165) is 77.0 Å². The van der Waals surface area contributed by atoms with Gasteiger partial charge in [0.05, 0.1) is 146 Å². The molecule has 0 aliphatic carbocycles. The number of hydrogen-bond acceptors (Lipinski definition) is 31. The predicted octanol–water partition coefficient (Wildman–Crippen LogP) is 0.409. The number of unbranched alkanes of at least 4 members (excludes halogenated alkanes) is 3. The molecule has 0 aromatic carbocycles. The Bertz CT molecular complexity index is 1430. The van der Waals surface area contributed by atoms with Crippen molar-refractivity contribution in [3.8, 4) is 11.8 Å². The summed E-state index contributed by atoms with van der Waals surface area (Å²) in [5.41, 5.74) is -3.19. The summed E-state index contributed by atoms with van der Waals surface area (Å²) in [5, 5.41) is 252. The predicted molar refractivity (Wildman–Crippen MR) is 422 cm³/mol. The molecule has 31 heteroatoms. The molecule has 0 saturated heterocycles. The fourth-order valence-corrected chi connectivity index (χ4v) is 4.63. The molecule has 0 aliphatic rings. The topological polar surface area (TPSA) is 607 Å². The fourth-order valence-electron chi connectivity index (χ4n) is 4.52. The normalized spacial score (nSPS) is 14.2. The zero-order chi connectivity index (χ0) is 86.7. The Labute approximate surface area is 641 Å². The van der Waals surface area contributed by atoms with Crippen LogP contribution in [0.3, 0.4) is 0 Å². The maximum absolute atomic E-state index is 9.50. The van der Waals surface area contributed by atoms with Gasteiger partial charge >= 0.3 is 0 Å². The minimum Gasteiger partial charge on any atom is -0.396 e. The van der Waals surface area contributed by atoms with E-state index in [4.69, 9.17) is 143 Å². The van der Waals surface area contributed by atoms with Gasteiger partial charge in [0, 0.05) is 56.0 Å². The molecule has 30 nitrogen and oxygen atoms in total. The summed E-state index contributed by atoms with van der Waals surface area (Å²) >= 11 is 3.69. The molecule has 656 valence electrons. The van der Waals surface area contributed by atoms with Crippen LogP contribution in [-0.2, 0) is 0 Å². The van der Waals surface area contributed by atoms with Gasteiger partial charge < -0.3 is 153 Å². The highest BCUT2D eigenvalue weighted by Crippen LogP contribution is 2.27. The van der Waals surface area contributed by atoms with Gasteiger partial charge in [0.15, 0.2) is 0 Å². The summed E-state index contributed by atoms with van der Waals surface area (Å²) in [6.07, 6.45) is 9.01. The quantitative estimate of drug-likeness (QED) is 0.0229. The van der Waals surface area contributed by atoms with Crippen LogP contribution in [0.15, 0.2) is 0 Å². The van der Waals surface area contributed by atoms with Gasteiger partial charge in [0.25, 0.3) is 0 Å². The molecule has 0 fully saturated rings. The van der Waals surface area contributed by atoms with Crippen molar-refractivity contribution in [2.75, 3.05) is 118 Å². The monoisotopic (exact) mass is 1580 g/mol. The molecule has 12 atom stereocenters. The number of aliphatic hydroxyl groups is 30. The molecule has 12 unspecified atom stereocenters. The molecule has 0 saturated carbocycles. The van der Waals surface area contributed by atoms with E-state index in [1.54, 1.807) is 69.2 Å². The molecule has 0 aromatic rings. The average Bonchev–Trinajstić information content (AvgIpc) is 0.923. The van der Waals surface area contributed by atoms with Crippen LogP contribution in [0.2, 0.25) is 0 Å².